The molecule has 0 radical (unpaired) electrons. The normalized spacial score (nSPS) is 11.3. The van der Waals surface area contributed by atoms with E-state index in [9.17, 15) is 4.79 Å². The molecule has 6 nitrogen and oxygen atoms in total. The number of aromatic nitrogens is 3. The van der Waals surface area contributed by atoms with E-state index in [-0.39, 0.29) is 11.8 Å². The van der Waals surface area contributed by atoms with Gasteiger partial charge in [0, 0.05) is 29.2 Å². The Kier molecular flexibility index (Phi) is 6.12. The van der Waals surface area contributed by atoms with Gasteiger partial charge in [-0.3, -0.25) is 4.79 Å². The predicted octanol–water partition coefficient (Wildman–Crippen LogP) is 7.21. The highest BCUT2D eigenvalue weighted by molar-refractivity contribution is 7.12. The van der Waals surface area contributed by atoms with Gasteiger partial charge in [-0.25, -0.2) is 4.98 Å². The monoisotopic (exact) mass is 504 g/mol. The minimum atomic E-state index is -0.0899. The quantitative estimate of drug-likeness (QED) is 0.249. The summed E-state index contributed by atoms with van der Waals surface area (Å²) in [5, 5.41) is 11.3. The number of para-hydroxylation sites is 1. The lowest BCUT2D eigenvalue weighted by Crippen LogP contribution is -2.18. The number of fused-ring (bicyclic) bond motifs is 1. The number of aryl methyl sites for hydroxylation is 1. The summed E-state index contributed by atoms with van der Waals surface area (Å²) in [5.74, 6) is 1.15. The summed E-state index contributed by atoms with van der Waals surface area (Å²) in [6, 6.07) is 32.0. The maximum absolute atomic E-state index is 13.3. The van der Waals surface area contributed by atoms with Crippen molar-refractivity contribution in [2.45, 2.75) is 19.3 Å². The standard InChI is InChI=1S/C30H24N4O2S/c1-20-16-28(32-29(35)18-24(21-10-4-2-5-11-21)22-12-6-3-7-13-22)34(33-20)30-31-25(19-37-30)27-17-23-14-8-9-15-26(23)36-27/h2-17,19,24H,18H2,1H3,(H,32,35). The number of benzene rings is 3. The molecule has 0 saturated carbocycles. The van der Waals surface area contributed by atoms with Crippen LogP contribution in [0.5, 0.6) is 0 Å². The number of carbonyl (C=O) groups is 1. The second-order valence-corrected chi connectivity index (χ2v) is 9.71. The Labute approximate surface area is 218 Å². The van der Waals surface area contributed by atoms with Gasteiger partial charge in [0.05, 0.1) is 5.69 Å². The highest BCUT2D eigenvalue weighted by Crippen LogP contribution is 2.32. The highest BCUT2D eigenvalue weighted by Gasteiger charge is 2.21. The van der Waals surface area contributed by atoms with E-state index in [1.54, 1.807) is 4.68 Å². The van der Waals surface area contributed by atoms with Crippen LogP contribution in [0.15, 0.2) is 107 Å². The Morgan fingerprint density at radius 3 is 2.32 bits per heavy atom. The molecule has 182 valence electrons. The number of thiazole rings is 1. The SMILES string of the molecule is Cc1cc(NC(=O)CC(c2ccccc2)c2ccccc2)n(-c2nc(-c3cc4ccccc4o3)cs2)n1. The lowest BCUT2D eigenvalue weighted by molar-refractivity contribution is -0.116. The third kappa shape index (κ3) is 4.81. The van der Waals surface area contributed by atoms with Crippen molar-refractivity contribution in [2.75, 3.05) is 5.32 Å². The number of anilines is 1. The zero-order valence-electron chi connectivity index (χ0n) is 20.2. The molecule has 0 unspecified atom stereocenters. The van der Waals surface area contributed by atoms with Crippen molar-refractivity contribution in [1.82, 2.24) is 14.8 Å². The molecule has 0 aliphatic rings. The molecule has 3 heterocycles. The third-order valence-electron chi connectivity index (χ3n) is 6.24. The molecule has 0 bridgehead atoms. The smallest absolute Gasteiger partial charge is 0.226 e. The second kappa shape index (κ2) is 9.87. The molecule has 0 aliphatic heterocycles. The van der Waals surface area contributed by atoms with Crippen LogP contribution in [-0.4, -0.2) is 20.7 Å². The van der Waals surface area contributed by atoms with E-state index in [2.05, 4.69) is 34.7 Å². The van der Waals surface area contributed by atoms with Gasteiger partial charge in [0.1, 0.15) is 17.1 Å². The molecule has 6 rings (SSSR count). The number of rotatable bonds is 7. The van der Waals surface area contributed by atoms with Crippen LogP contribution in [0.1, 0.15) is 29.2 Å². The summed E-state index contributed by atoms with van der Waals surface area (Å²) in [6.45, 7) is 1.90. The largest absolute Gasteiger partial charge is 0.454 e. The Morgan fingerprint density at radius 2 is 1.62 bits per heavy atom. The van der Waals surface area contributed by atoms with Crippen molar-refractivity contribution in [3.8, 4) is 16.6 Å². The van der Waals surface area contributed by atoms with Crippen molar-refractivity contribution >= 4 is 34.0 Å². The summed E-state index contributed by atoms with van der Waals surface area (Å²) < 4.78 is 7.66. The third-order valence-corrected chi connectivity index (χ3v) is 7.06. The highest BCUT2D eigenvalue weighted by atomic mass is 32.1. The van der Waals surface area contributed by atoms with Crippen molar-refractivity contribution in [1.29, 1.82) is 0 Å². The molecule has 1 N–H and O–H groups in total. The molecule has 6 aromatic rings. The van der Waals surface area contributed by atoms with Crippen LogP contribution in [0.4, 0.5) is 5.82 Å². The zero-order chi connectivity index (χ0) is 25.2. The summed E-state index contributed by atoms with van der Waals surface area (Å²) in [6.07, 6.45) is 0.306. The van der Waals surface area contributed by atoms with Crippen molar-refractivity contribution in [2.24, 2.45) is 0 Å². The van der Waals surface area contributed by atoms with Gasteiger partial charge in [0.25, 0.3) is 0 Å². The van der Waals surface area contributed by atoms with Gasteiger partial charge in [-0.1, -0.05) is 78.9 Å². The second-order valence-electron chi connectivity index (χ2n) is 8.87. The first-order valence-electron chi connectivity index (χ1n) is 12.1. The van der Waals surface area contributed by atoms with Gasteiger partial charge < -0.3 is 9.73 Å². The maximum atomic E-state index is 13.3. The Bertz CT molecular complexity index is 1600. The molecule has 3 aromatic carbocycles. The molecule has 0 fully saturated rings. The van der Waals surface area contributed by atoms with E-state index in [1.807, 2.05) is 85.1 Å². The van der Waals surface area contributed by atoms with E-state index in [0.717, 1.165) is 33.5 Å². The first kappa shape index (κ1) is 22.9. The van der Waals surface area contributed by atoms with Gasteiger partial charge in [-0.2, -0.15) is 9.78 Å². The number of nitrogens with zero attached hydrogens (tertiary/aromatic N) is 3. The van der Waals surface area contributed by atoms with Gasteiger partial charge in [0.15, 0.2) is 5.76 Å². The van der Waals surface area contributed by atoms with Crippen LogP contribution >= 0.6 is 11.3 Å². The molecule has 7 heteroatoms. The molecular formula is C30H24N4O2S. The first-order chi connectivity index (χ1) is 18.1. The van der Waals surface area contributed by atoms with E-state index in [1.165, 1.54) is 11.3 Å². The Hall–Kier alpha value is -4.49. The Balaban J connectivity index is 1.25. The van der Waals surface area contributed by atoms with Crippen LogP contribution in [-0.2, 0) is 4.79 Å². The van der Waals surface area contributed by atoms with E-state index in [4.69, 9.17) is 9.40 Å². The van der Waals surface area contributed by atoms with Crippen LogP contribution in [0.25, 0.3) is 27.6 Å². The summed E-state index contributed by atoms with van der Waals surface area (Å²) >= 11 is 1.45. The lowest BCUT2D eigenvalue weighted by atomic mass is 9.88. The van der Waals surface area contributed by atoms with Crippen LogP contribution in [0.3, 0.4) is 0 Å². The van der Waals surface area contributed by atoms with Crippen molar-refractivity contribution in [3.63, 3.8) is 0 Å². The fourth-order valence-corrected chi connectivity index (χ4v) is 5.27. The first-order valence-corrected chi connectivity index (χ1v) is 12.9. The molecule has 3 aromatic heterocycles. The molecule has 0 spiro atoms. The fourth-order valence-electron chi connectivity index (χ4n) is 4.50. The number of nitrogens with one attached hydrogen (secondary N) is 1. The van der Waals surface area contributed by atoms with Gasteiger partial charge in [-0.05, 0) is 30.2 Å². The minimum Gasteiger partial charge on any atom is -0.454 e. The van der Waals surface area contributed by atoms with Gasteiger partial charge >= 0.3 is 0 Å². The summed E-state index contributed by atoms with van der Waals surface area (Å²) in [4.78, 5) is 18.1. The predicted molar refractivity (Wildman–Crippen MR) is 147 cm³/mol. The molecule has 0 aliphatic carbocycles. The lowest BCUT2D eigenvalue weighted by Gasteiger charge is -2.18. The van der Waals surface area contributed by atoms with Crippen molar-refractivity contribution < 1.29 is 9.21 Å². The number of amides is 1. The molecule has 0 saturated heterocycles. The van der Waals surface area contributed by atoms with Crippen LogP contribution in [0, 0.1) is 6.92 Å². The minimum absolute atomic E-state index is 0.0561. The van der Waals surface area contributed by atoms with Crippen molar-refractivity contribution in [3.05, 3.63) is 119 Å². The summed E-state index contributed by atoms with van der Waals surface area (Å²) in [5.41, 5.74) is 4.54. The van der Waals surface area contributed by atoms with Crippen LogP contribution in [0.2, 0.25) is 0 Å². The zero-order valence-corrected chi connectivity index (χ0v) is 21.0. The molecule has 1 amide bonds. The molecule has 37 heavy (non-hydrogen) atoms. The topological polar surface area (TPSA) is 73.0 Å². The number of carbonyl (C=O) groups excluding carboxylic acids is 1. The molecule has 0 atom stereocenters. The van der Waals surface area contributed by atoms with E-state index >= 15 is 0 Å². The number of hydrogen-bond acceptors (Lipinski definition) is 5. The maximum Gasteiger partial charge on any atom is 0.226 e. The molecular weight excluding hydrogens is 480 g/mol. The van der Waals surface area contributed by atoms with Gasteiger partial charge in [-0.15, -0.1) is 11.3 Å². The summed E-state index contributed by atoms with van der Waals surface area (Å²) in [7, 11) is 0. The van der Waals surface area contributed by atoms with Gasteiger partial charge in [0.2, 0.25) is 11.0 Å². The van der Waals surface area contributed by atoms with E-state index < -0.39 is 0 Å². The van der Waals surface area contributed by atoms with E-state index in [0.29, 0.717) is 23.1 Å². The van der Waals surface area contributed by atoms with Crippen LogP contribution < -0.4 is 5.32 Å². The Morgan fingerprint density at radius 1 is 0.946 bits per heavy atom. The fraction of sp³-hybridized carbons (Fsp3) is 0.100. The average molecular weight is 505 g/mol. The number of furan rings is 1. The average Bonchev–Trinajstić information content (AvgIpc) is 3.66. The number of hydrogen-bond donors (Lipinski definition) is 1.